The first kappa shape index (κ1) is 16.9. The summed E-state index contributed by atoms with van der Waals surface area (Å²) < 4.78 is 16.9. The standard InChI is InChI=1S/C14H29O3/c1-6-8-9-15-10-14(17-12(3)4)11-16-13(5)7-2/h12-13H,6-11H2,1-5H3. The molecule has 1 unspecified atom stereocenters. The van der Waals surface area contributed by atoms with Crippen LogP contribution < -0.4 is 0 Å². The summed E-state index contributed by atoms with van der Waals surface area (Å²) in [4.78, 5) is 0. The Kier molecular flexibility index (Phi) is 10.9. The molecule has 0 aliphatic carbocycles. The van der Waals surface area contributed by atoms with E-state index in [1.54, 1.807) is 0 Å². The predicted molar refractivity (Wildman–Crippen MR) is 70.9 cm³/mol. The topological polar surface area (TPSA) is 27.7 Å². The molecule has 1 radical (unpaired) electrons. The van der Waals surface area contributed by atoms with Crippen molar-refractivity contribution in [3.05, 3.63) is 6.10 Å². The van der Waals surface area contributed by atoms with Crippen LogP contribution in [-0.4, -0.2) is 32.0 Å². The quantitative estimate of drug-likeness (QED) is 0.521. The van der Waals surface area contributed by atoms with Crippen molar-refractivity contribution in [3.63, 3.8) is 0 Å². The lowest BCUT2D eigenvalue weighted by Gasteiger charge is -2.21. The number of hydrogen-bond acceptors (Lipinski definition) is 3. The highest BCUT2D eigenvalue weighted by atomic mass is 16.6. The fourth-order valence-corrected chi connectivity index (χ4v) is 1.23. The normalized spacial score (nSPS) is 13.6. The second kappa shape index (κ2) is 11.0. The van der Waals surface area contributed by atoms with Gasteiger partial charge in [-0.2, -0.15) is 0 Å². The maximum atomic E-state index is 5.69. The Morgan fingerprint density at radius 2 is 1.76 bits per heavy atom. The summed E-state index contributed by atoms with van der Waals surface area (Å²) in [7, 11) is 0. The third-order valence-electron chi connectivity index (χ3n) is 2.41. The molecule has 0 rings (SSSR count). The molecule has 0 aliphatic heterocycles. The summed E-state index contributed by atoms with van der Waals surface area (Å²) in [5.74, 6) is 0. The Morgan fingerprint density at radius 1 is 1.06 bits per heavy atom. The van der Waals surface area contributed by atoms with Crippen molar-refractivity contribution >= 4 is 0 Å². The monoisotopic (exact) mass is 245 g/mol. The molecule has 0 spiro atoms. The molecular weight excluding hydrogens is 216 g/mol. The van der Waals surface area contributed by atoms with Gasteiger partial charge in [-0.3, -0.25) is 0 Å². The molecule has 0 fully saturated rings. The van der Waals surface area contributed by atoms with Crippen molar-refractivity contribution in [1.82, 2.24) is 0 Å². The van der Waals surface area contributed by atoms with Crippen LogP contribution in [0.1, 0.15) is 53.9 Å². The Hall–Kier alpha value is -0.120. The van der Waals surface area contributed by atoms with Gasteiger partial charge in [-0.25, -0.2) is 0 Å². The van der Waals surface area contributed by atoms with Gasteiger partial charge in [0.05, 0.1) is 25.4 Å². The smallest absolute Gasteiger partial charge is 0.148 e. The second-order valence-electron chi connectivity index (χ2n) is 4.64. The predicted octanol–water partition coefficient (Wildman–Crippen LogP) is 3.58. The summed E-state index contributed by atoms with van der Waals surface area (Å²) in [5, 5.41) is 0. The molecule has 103 valence electrons. The van der Waals surface area contributed by atoms with Gasteiger partial charge in [0.1, 0.15) is 6.10 Å². The van der Waals surface area contributed by atoms with Crippen LogP contribution in [0.15, 0.2) is 0 Å². The molecule has 0 aliphatic rings. The van der Waals surface area contributed by atoms with E-state index < -0.39 is 0 Å². The molecular formula is C14H29O3. The SMILES string of the molecule is CCCCOC[C](COC(C)CC)OC(C)C. The second-order valence-corrected chi connectivity index (χ2v) is 4.64. The van der Waals surface area contributed by atoms with Crippen LogP contribution in [0, 0.1) is 6.10 Å². The van der Waals surface area contributed by atoms with Crippen molar-refractivity contribution in [3.8, 4) is 0 Å². The van der Waals surface area contributed by atoms with Gasteiger partial charge < -0.3 is 14.2 Å². The largest absolute Gasteiger partial charge is 0.378 e. The van der Waals surface area contributed by atoms with Gasteiger partial charge in [0.15, 0.2) is 0 Å². The zero-order valence-corrected chi connectivity index (χ0v) is 12.1. The highest BCUT2D eigenvalue weighted by molar-refractivity contribution is 4.79. The summed E-state index contributed by atoms with van der Waals surface area (Å²) in [6, 6.07) is 0. The first-order valence-electron chi connectivity index (χ1n) is 6.80. The van der Waals surface area contributed by atoms with Crippen LogP contribution in [0.5, 0.6) is 0 Å². The van der Waals surface area contributed by atoms with Gasteiger partial charge in [-0.15, -0.1) is 0 Å². The Balaban J connectivity index is 3.79. The van der Waals surface area contributed by atoms with Gasteiger partial charge in [0, 0.05) is 6.61 Å². The Morgan fingerprint density at radius 3 is 2.29 bits per heavy atom. The van der Waals surface area contributed by atoms with Crippen LogP contribution >= 0.6 is 0 Å². The number of rotatable bonds is 11. The zero-order chi connectivity index (χ0) is 13.1. The van der Waals surface area contributed by atoms with Crippen LogP contribution in [0.3, 0.4) is 0 Å². The highest BCUT2D eigenvalue weighted by Gasteiger charge is 2.14. The van der Waals surface area contributed by atoms with E-state index in [4.69, 9.17) is 14.2 Å². The maximum absolute atomic E-state index is 5.69. The number of unbranched alkanes of at least 4 members (excludes halogenated alkanes) is 1. The van der Waals surface area contributed by atoms with E-state index >= 15 is 0 Å². The molecule has 3 heteroatoms. The lowest BCUT2D eigenvalue weighted by atomic mass is 10.3. The number of hydrogen-bond donors (Lipinski definition) is 0. The molecule has 3 nitrogen and oxygen atoms in total. The van der Waals surface area contributed by atoms with Gasteiger partial charge in [-0.05, 0) is 33.6 Å². The summed E-state index contributed by atoms with van der Waals surface area (Å²) in [5.41, 5.74) is 0. The van der Waals surface area contributed by atoms with E-state index in [-0.39, 0.29) is 12.2 Å². The molecule has 0 aromatic rings. The molecule has 1 atom stereocenters. The third-order valence-corrected chi connectivity index (χ3v) is 2.41. The minimum Gasteiger partial charge on any atom is -0.378 e. The average Bonchev–Trinajstić information content (AvgIpc) is 2.30. The maximum Gasteiger partial charge on any atom is 0.148 e. The molecule has 17 heavy (non-hydrogen) atoms. The van der Waals surface area contributed by atoms with E-state index in [0.717, 1.165) is 32.0 Å². The van der Waals surface area contributed by atoms with E-state index in [9.17, 15) is 0 Å². The molecule has 0 bridgehead atoms. The minimum atomic E-state index is 0.181. The van der Waals surface area contributed by atoms with Crippen molar-refractivity contribution in [1.29, 1.82) is 0 Å². The van der Waals surface area contributed by atoms with Crippen molar-refractivity contribution in [2.45, 2.75) is 66.1 Å². The molecule has 0 heterocycles. The van der Waals surface area contributed by atoms with E-state index in [0.29, 0.717) is 13.2 Å². The zero-order valence-electron chi connectivity index (χ0n) is 12.1. The lowest BCUT2D eigenvalue weighted by molar-refractivity contribution is -0.0345. The van der Waals surface area contributed by atoms with Crippen molar-refractivity contribution in [2.24, 2.45) is 0 Å². The number of ether oxygens (including phenoxy) is 3. The summed E-state index contributed by atoms with van der Waals surface area (Å²) in [6.45, 7) is 12.3. The first-order valence-corrected chi connectivity index (χ1v) is 6.80. The third kappa shape index (κ3) is 10.7. The van der Waals surface area contributed by atoms with Crippen LogP contribution in [-0.2, 0) is 14.2 Å². The lowest BCUT2D eigenvalue weighted by Crippen LogP contribution is -2.23. The van der Waals surface area contributed by atoms with Crippen LogP contribution in [0.4, 0.5) is 0 Å². The first-order chi connectivity index (χ1) is 8.10. The molecule has 0 saturated heterocycles. The fourth-order valence-electron chi connectivity index (χ4n) is 1.23. The van der Waals surface area contributed by atoms with Crippen molar-refractivity contribution in [2.75, 3.05) is 19.8 Å². The van der Waals surface area contributed by atoms with Crippen molar-refractivity contribution < 1.29 is 14.2 Å². The average molecular weight is 245 g/mol. The van der Waals surface area contributed by atoms with Crippen LogP contribution in [0.25, 0.3) is 0 Å². The van der Waals surface area contributed by atoms with E-state index in [1.165, 1.54) is 0 Å². The van der Waals surface area contributed by atoms with Gasteiger partial charge in [-0.1, -0.05) is 20.3 Å². The van der Waals surface area contributed by atoms with E-state index in [1.807, 2.05) is 13.8 Å². The minimum absolute atomic E-state index is 0.181. The molecule has 0 N–H and O–H groups in total. The molecule has 0 aromatic carbocycles. The van der Waals surface area contributed by atoms with E-state index in [2.05, 4.69) is 20.8 Å². The summed E-state index contributed by atoms with van der Waals surface area (Å²) in [6.07, 6.45) is 4.63. The Labute approximate surface area is 107 Å². The van der Waals surface area contributed by atoms with Gasteiger partial charge >= 0.3 is 0 Å². The molecule has 0 amide bonds. The highest BCUT2D eigenvalue weighted by Crippen LogP contribution is 2.10. The summed E-state index contributed by atoms with van der Waals surface area (Å²) >= 11 is 0. The Bertz CT molecular complexity index is 160. The van der Waals surface area contributed by atoms with Crippen LogP contribution in [0.2, 0.25) is 0 Å². The molecule has 0 aromatic heterocycles. The van der Waals surface area contributed by atoms with Gasteiger partial charge in [0.25, 0.3) is 0 Å². The molecule has 0 saturated carbocycles. The fraction of sp³-hybridized carbons (Fsp3) is 0.929. The van der Waals surface area contributed by atoms with Gasteiger partial charge in [0.2, 0.25) is 0 Å².